The molecule has 31 heavy (non-hydrogen) atoms. The number of nitrogens with zero attached hydrogens (tertiary/aromatic N) is 4. The lowest BCUT2D eigenvalue weighted by atomic mass is 10.1. The first-order valence-corrected chi connectivity index (χ1v) is 10.9. The summed E-state index contributed by atoms with van der Waals surface area (Å²) in [7, 11) is 3.41. The Morgan fingerprint density at radius 2 is 2.06 bits per heavy atom. The van der Waals surface area contributed by atoms with E-state index in [0.29, 0.717) is 58.1 Å². The Labute approximate surface area is 194 Å². The summed E-state index contributed by atoms with van der Waals surface area (Å²) >= 11 is 9.84. The van der Waals surface area contributed by atoms with Crippen LogP contribution in [0.15, 0.2) is 15.3 Å². The minimum Gasteiger partial charge on any atom is -0.488 e. The third-order valence-electron chi connectivity index (χ3n) is 4.90. The van der Waals surface area contributed by atoms with Gasteiger partial charge in [-0.05, 0) is 42.8 Å². The summed E-state index contributed by atoms with van der Waals surface area (Å²) in [5, 5.41) is 10.8. The van der Waals surface area contributed by atoms with Gasteiger partial charge < -0.3 is 23.8 Å². The van der Waals surface area contributed by atoms with Crippen LogP contribution in [-0.4, -0.2) is 55.0 Å². The van der Waals surface area contributed by atoms with Gasteiger partial charge >= 0.3 is 6.09 Å². The smallest absolute Gasteiger partial charge is 0.410 e. The zero-order valence-corrected chi connectivity index (χ0v) is 20.4. The summed E-state index contributed by atoms with van der Waals surface area (Å²) < 4.78 is 13.3. The van der Waals surface area contributed by atoms with E-state index in [1.54, 1.807) is 50.4 Å². The average Bonchev–Trinajstić information content (AvgIpc) is 2.70. The number of anilines is 1. The fourth-order valence-electron chi connectivity index (χ4n) is 3.44. The first-order chi connectivity index (χ1) is 14.5. The van der Waals surface area contributed by atoms with Crippen molar-refractivity contribution in [1.82, 2.24) is 9.47 Å². The number of amides is 1. The van der Waals surface area contributed by atoms with Crippen LogP contribution in [-0.2, 0) is 11.3 Å². The number of hydrogen-bond acceptors (Lipinski definition) is 6. The number of carbonyl (C=O) groups is 1. The van der Waals surface area contributed by atoms with Crippen LogP contribution < -0.4 is 15.2 Å². The monoisotopic (exact) mass is 510 g/mol. The van der Waals surface area contributed by atoms with Crippen molar-refractivity contribution in [2.24, 2.45) is 0 Å². The second kappa shape index (κ2) is 8.60. The standard InChI is InChI=1S/C21H24BrClN4O4/c1-21(2,3)31-20(29)26(5)7-6-25(4)16-12-10-14(23)15(22)18-17(12)27(8-9-30-18)19(28)13(16)11-24/h10H,6-9H2,1-5H3. The number of benzene rings is 1. The fourth-order valence-corrected chi connectivity index (χ4v) is 4.05. The highest BCUT2D eigenvalue weighted by molar-refractivity contribution is 9.10. The molecule has 1 aliphatic heterocycles. The van der Waals surface area contributed by atoms with Gasteiger partial charge in [0.1, 0.15) is 23.8 Å². The summed E-state index contributed by atoms with van der Waals surface area (Å²) in [4.78, 5) is 28.6. The summed E-state index contributed by atoms with van der Waals surface area (Å²) in [6.07, 6.45) is -0.446. The molecule has 0 unspecified atom stereocenters. The van der Waals surface area contributed by atoms with Crippen LogP contribution in [0.1, 0.15) is 26.3 Å². The van der Waals surface area contributed by atoms with Gasteiger partial charge in [-0.3, -0.25) is 4.79 Å². The highest BCUT2D eigenvalue weighted by Gasteiger charge is 2.27. The summed E-state index contributed by atoms with van der Waals surface area (Å²) in [6, 6.07) is 3.78. The number of hydrogen-bond donors (Lipinski definition) is 0. The Bertz CT molecular complexity index is 1150. The van der Waals surface area contributed by atoms with E-state index in [-0.39, 0.29) is 11.1 Å². The van der Waals surface area contributed by atoms with E-state index < -0.39 is 11.7 Å². The van der Waals surface area contributed by atoms with Gasteiger partial charge in [0, 0.05) is 32.6 Å². The van der Waals surface area contributed by atoms with Gasteiger partial charge in [0.05, 0.1) is 27.2 Å². The van der Waals surface area contributed by atoms with Gasteiger partial charge in [0.25, 0.3) is 5.56 Å². The molecule has 1 aromatic heterocycles. The SMILES string of the molecule is CN(CCN(C)c1c(C#N)c(=O)n2c3c(c(Br)c(Cl)cc13)OCC2)C(=O)OC(C)(C)C. The molecule has 2 aromatic rings. The number of likely N-dealkylation sites (N-methyl/N-ethyl adjacent to an activating group) is 2. The molecule has 0 N–H and O–H groups in total. The maximum Gasteiger partial charge on any atom is 0.410 e. The number of nitriles is 1. The van der Waals surface area contributed by atoms with Crippen LogP contribution in [0.5, 0.6) is 5.75 Å². The van der Waals surface area contributed by atoms with Crippen molar-refractivity contribution in [2.75, 3.05) is 38.7 Å². The molecule has 0 saturated heterocycles. The van der Waals surface area contributed by atoms with Crippen molar-refractivity contribution in [3.05, 3.63) is 31.5 Å². The number of carbonyl (C=O) groups excluding carboxylic acids is 1. The molecular weight excluding hydrogens is 488 g/mol. The van der Waals surface area contributed by atoms with Crippen molar-refractivity contribution in [3.63, 3.8) is 0 Å². The topological polar surface area (TPSA) is 87.8 Å². The molecule has 0 saturated carbocycles. The molecule has 1 aromatic carbocycles. The molecule has 0 bridgehead atoms. The first kappa shape index (κ1) is 23.2. The van der Waals surface area contributed by atoms with Crippen LogP contribution in [0.3, 0.4) is 0 Å². The first-order valence-electron chi connectivity index (χ1n) is 9.73. The Morgan fingerprint density at radius 1 is 1.39 bits per heavy atom. The third-order valence-corrected chi connectivity index (χ3v) is 6.22. The van der Waals surface area contributed by atoms with Crippen LogP contribution in [0, 0.1) is 11.3 Å². The molecule has 1 aliphatic rings. The largest absolute Gasteiger partial charge is 0.488 e. The van der Waals surface area contributed by atoms with Crippen molar-refractivity contribution in [3.8, 4) is 11.8 Å². The predicted molar refractivity (Wildman–Crippen MR) is 123 cm³/mol. The van der Waals surface area contributed by atoms with E-state index in [9.17, 15) is 14.9 Å². The van der Waals surface area contributed by atoms with E-state index in [2.05, 4.69) is 22.0 Å². The zero-order chi connectivity index (χ0) is 23.1. The number of halogens is 2. The maximum atomic E-state index is 13.1. The molecular formula is C21H24BrClN4O4. The molecule has 0 spiro atoms. The lowest BCUT2D eigenvalue weighted by Gasteiger charge is -2.29. The van der Waals surface area contributed by atoms with E-state index in [4.69, 9.17) is 21.1 Å². The third kappa shape index (κ3) is 4.46. The van der Waals surface area contributed by atoms with Crippen LogP contribution >= 0.6 is 27.5 Å². The van der Waals surface area contributed by atoms with E-state index in [1.165, 1.54) is 4.90 Å². The molecule has 2 heterocycles. The van der Waals surface area contributed by atoms with Gasteiger partial charge in [-0.25, -0.2) is 4.79 Å². The van der Waals surface area contributed by atoms with Crippen LogP contribution in [0.25, 0.3) is 10.9 Å². The molecule has 0 radical (unpaired) electrons. The lowest BCUT2D eigenvalue weighted by molar-refractivity contribution is 0.0303. The van der Waals surface area contributed by atoms with Crippen molar-refractivity contribution >= 4 is 50.2 Å². The molecule has 3 rings (SSSR count). The Balaban J connectivity index is 2.03. The molecule has 0 aliphatic carbocycles. The molecule has 8 nitrogen and oxygen atoms in total. The Kier molecular flexibility index (Phi) is 6.44. The zero-order valence-electron chi connectivity index (χ0n) is 18.1. The number of aromatic nitrogens is 1. The minimum atomic E-state index is -0.597. The van der Waals surface area contributed by atoms with Gasteiger partial charge in [-0.15, -0.1) is 0 Å². The van der Waals surface area contributed by atoms with Crippen LogP contribution in [0.2, 0.25) is 5.02 Å². The minimum absolute atomic E-state index is 0.0289. The molecule has 0 fully saturated rings. The van der Waals surface area contributed by atoms with Crippen molar-refractivity contribution in [2.45, 2.75) is 32.9 Å². The van der Waals surface area contributed by atoms with Crippen molar-refractivity contribution in [1.29, 1.82) is 5.26 Å². The second-order valence-electron chi connectivity index (χ2n) is 8.36. The van der Waals surface area contributed by atoms with E-state index >= 15 is 0 Å². The highest BCUT2D eigenvalue weighted by Crippen LogP contribution is 2.43. The Hall–Kier alpha value is -2.44. The lowest BCUT2D eigenvalue weighted by Crippen LogP contribution is -2.39. The van der Waals surface area contributed by atoms with Gasteiger partial charge in [0.2, 0.25) is 0 Å². The summed E-state index contributed by atoms with van der Waals surface area (Å²) in [5.74, 6) is 0.482. The summed E-state index contributed by atoms with van der Waals surface area (Å²) in [6.45, 7) is 6.75. The van der Waals surface area contributed by atoms with Crippen LogP contribution in [0.4, 0.5) is 10.5 Å². The molecule has 166 valence electrons. The number of rotatable bonds is 4. The maximum absolute atomic E-state index is 13.1. The molecule has 1 amide bonds. The van der Waals surface area contributed by atoms with Crippen molar-refractivity contribution < 1.29 is 14.3 Å². The quantitative estimate of drug-likeness (QED) is 0.617. The normalized spacial score (nSPS) is 12.8. The van der Waals surface area contributed by atoms with Gasteiger partial charge in [-0.1, -0.05) is 11.6 Å². The second-order valence-corrected chi connectivity index (χ2v) is 9.56. The predicted octanol–water partition coefficient (Wildman–Crippen LogP) is 3.98. The molecule has 0 atom stereocenters. The summed E-state index contributed by atoms with van der Waals surface area (Å²) in [5.41, 5.74) is 0.101. The van der Waals surface area contributed by atoms with E-state index in [0.717, 1.165) is 0 Å². The number of pyridine rings is 1. The average molecular weight is 512 g/mol. The Morgan fingerprint density at radius 3 is 2.68 bits per heavy atom. The van der Waals surface area contributed by atoms with Gasteiger partial charge in [-0.2, -0.15) is 5.26 Å². The highest BCUT2D eigenvalue weighted by atomic mass is 79.9. The number of ether oxygens (including phenoxy) is 2. The van der Waals surface area contributed by atoms with E-state index in [1.807, 2.05) is 0 Å². The van der Waals surface area contributed by atoms with Gasteiger partial charge in [0.15, 0.2) is 5.75 Å². The fraction of sp³-hybridized carbons (Fsp3) is 0.476. The molecule has 10 heteroatoms.